The van der Waals surface area contributed by atoms with Crippen LogP contribution in [0.4, 0.5) is 0 Å². The summed E-state index contributed by atoms with van der Waals surface area (Å²) < 4.78 is 0. The van der Waals surface area contributed by atoms with Gasteiger partial charge in [-0.2, -0.15) is 0 Å². The predicted octanol–water partition coefficient (Wildman–Crippen LogP) is 2.16. The van der Waals surface area contributed by atoms with E-state index in [-0.39, 0.29) is 30.7 Å². The first-order valence-corrected chi connectivity index (χ1v) is 9.17. The number of hydrogen-bond donors (Lipinski definition) is 1. The molecule has 1 aliphatic heterocycles. The fraction of sp³-hybridized carbons (Fsp3) is 0.381. The lowest BCUT2D eigenvalue weighted by Gasteiger charge is -2.31. The zero-order chi connectivity index (χ0) is 19.4. The highest BCUT2D eigenvalue weighted by Crippen LogP contribution is 2.20. The Hall–Kier alpha value is -2.89. The van der Waals surface area contributed by atoms with Gasteiger partial charge in [0.1, 0.15) is 0 Å². The number of piperidine rings is 1. The SMILES string of the molecule is CN(CC(=O)N1CCC(C(=O)O)CC1)C(=O)Cc1cccc2ccccc12. The minimum absolute atomic E-state index is 0.0152. The van der Waals surface area contributed by atoms with Crippen LogP contribution in [-0.4, -0.2) is 59.4 Å². The molecular weight excluding hydrogens is 344 g/mol. The van der Waals surface area contributed by atoms with Gasteiger partial charge in [0.15, 0.2) is 0 Å². The molecule has 6 heteroatoms. The summed E-state index contributed by atoms with van der Waals surface area (Å²) in [4.78, 5) is 39.1. The molecule has 3 rings (SSSR count). The molecule has 0 aromatic heterocycles. The number of hydrogen-bond acceptors (Lipinski definition) is 3. The normalized spacial score (nSPS) is 14.9. The van der Waals surface area contributed by atoms with Crippen LogP contribution in [0.1, 0.15) is 18.4 Å². The van der Waals surface area contributed by atoms with E-state index in [1.165, 1.54) is 4.90 Å². The van der Waals surface area contributed by atoms with E-state index in [0.717, 1.165) is 16.3 Å². The van der Waals surface area contributed by atoms with Crippen LogP contribution >= 0.6 is 0 Å². The highest BCUT2D eigenvalue weighted by Gasteiger charge is 2.27. The average Bonchev–Trinajstić information content (AvgIpc) is 2.68. The Labute approximate surface area is 158 Å². The van der Waals surface area contributed by atoms with Crippen molar-refractivity contribution in [1.29, 1.82) is 0 Å². The second-order valence-corrected chi connectivity index (χ2v) is 7.06. The molecule has 0 unspecified atom stereocenters. The highest BCUT2D eigenvalue weighted by atomic mass is 16.4. The third-order valence-corrected chi connectivity index (χ3v) is 5.22. The summed E-state index contributed by atoms with van der Waals surface area (Å²) in [5.74, 6) is -1.42. The van der Waals surface area contributed by atoms with E-state index in [4.69, 9.17) is 5.11 Å². The molecule has 0 saturated carbocycles. The first kappa shape index (κ1) is 18.9. The summed E-state index contributed by atoms with van der Waals surface area (Å²) in [5.41, 5.74) is 0.944. The Balaban J connectivity index is 1.57. The van der Waals surface area contributed by atoms with Gasteiger partial charge in [0, 0.05) is 20.1 Å². The molecule has 0 spiro atoms. The number of likely N-dealkylation sites (tertiary alicyclic amines) is 1. The maximum Gasteiger partial charge on any atom is 0.306 e. The Morgan fingerprint density at radius 2 is 1.74 bits per heavy atom. The predicted molar refractivity (Wildman–Crippen MR) is 102 cm³/mol. The second-order valence-electron chi connectivity index (χ2n) is 7.06. The molecule has 1 saturated heterocycles. The van der Waals surface area contributed by atoms with Crippen LogP contribution in [0, 0.1) is 5.92 Å². The zero-order valence-electron chi connectivity index (χ0n) is 15.4. The van der Waals surface area contributed by atoms with E-state index < -0.39 is 5.97 Å². The van der Waals surface area contributed by atoms with Gasteiger partial charge < -0.3 is 14.9 Å². The third-order valence-electron chi connectivity index (χ3n) is 5.22. The number of amides is 2. The average molecular weight is 368 g/mol. The third kappa shape index (κ3) is 4.45. The van der Waals surface area contributed by atoms with Crippen molar-refractivity contribution in [2.45, 2.75) is 19.3 Å². The van der Waals surface area contributed by atoms with E-state index in [9.17, 15) is 14.4 Å². The minimum Gasteiger partial charge on any atom is -0.481 e. The minimum atomic E-state index is -0.801. The van der Waals surface area contributed by atoms with Gasteiger partial charge in [-0.25, -0.2) is 0 Å². The number of carboxylic acid groups (broad SMARTS) is 1. The van der Waals surface area contributed by atoms with Crippen molar-refractivity contribution in [3.8, 4) is 0 Å². The zero-order valence-corrected chi connectivity index (χ0v) is 15.4. The summed E-state index contributed by atoms with van der Waals surface area (Å²) in [5, 5.41) is 11.2. The molecule has 0 aliphatic carbocycles. The van der Waals surface area contributed by atoms with Crippen LogP contribution in [0.5, 0.6) is 0 Å². The van der Waals surface area contributed by atoms with Crippen molar-refractivity contribution >= 4 is 28.6 Å². The molecule has 27 heavy (non-hydrogen) atoms. The maximum absolute atomic E-state index is 12.6. The summed E-state index contributed by atoms with van der Waals surface area (Å²) in [6.45, 7) is 0.879. The molecule has 1 heterocycles. The molecule has 1 fully saturated rings. The van der Waals surface area contributed by atoms with E-state index in [1.54, 1.807) is 11.9 Å². The first-order valence-electron chi connectivity index (χ1n) is 9.17. The van der Waals surface area contributed by atoms with Gasteiger partial charge >= 0.3 is 5.97 Å². The molecule has 2 aromatic carbocycles. The second kappa shape index (κ2) is 8.20. The van der Waals surface area contributed by atoms with Crippen LogP contribution in [0.2, 0.25) is 0 Å². The van der Waals surface area contributed by atoms with Crippen molar-refractivity contribution < 1.29 is 19.5 Å². The largest absolute Gasteiger partial charge is 0.481 e. The molecule has 2 aromatic rings. The number of nitrogens with zero attached hydrogens (tertiary/aromatic N) is 2. The van der Waals surface area contributed by atoms with Crippen LogP contribution in [0.3, 0.4) is 0 Å². The van der Waals surface area contributed by atoms with Gasteiger partial charge in [-0.05, 0) is 29.2 Å². The van der Waals surface area contributed by atoms with Gasteiger partial charge in [0.25, 0.3) is 0 Å². The fourth-order valence-corrected chi connectivity index (χ4v) is 3.51. The Morgan fingerprint density at radius 1 is 1.07 bits per heavy atom. The number of rotatable bonds is 5. The molecular formula is C21H24N2O4. The number of likely N-dealkylation sites (N-methyl/N-ethyl adjacent to an activating group) is 1. The number of aliphatic carboxylic acids is 1. The number of carboxylic acids is 1. The lowest BCUT2D eigenvalue weighted by Crippen LogP contribution is -2.45. The van der Waals surface area contributed by atoms with Gasteiger partial charge in [0.2, 0.25) is 11.8 Å². The standard InChI is InChI=1S/C21H24N2O4/c1-22(14-20(25)23-11-9-16(10-12-23)21(26)27)19(24)13-17-7-4-6-15-5-2-3-8-18(15)17/h2-8,16H,9-14H2,1H3,(H,26,27). The van der Waals surface area contributed by atoms with Crippen molar-refractivity contribution in [1.82, 2.24) is 9.80 Å². The van der Waals surface area contributed by atoms with Crippen molar-refractivity contribution in [3.05, 3.63) is 48.0 Å². The first-order chi connectivity index (χ1) is 13.0. The monoisotopic (exact) mass is 368 g/mol. The lowest BCUT2D eigenvalue weighted by molar-refractivity contribution is -0.146. The van der Waals surface area contributed by atoms with Crippen LogP contribution in [0.25, 0.3) is 10.8 Å². The quantitative estimate of drug-likeness (QED) is 0.877. The summed E-state index contributed by atoms with van der Waals surface area (Å²) in [6, 6.07) is 13.8. The van der Waals surface area contributed by atoms with E-state index in [0.29, 0.717) is 25.9 Å². The lowest BCUT2D eigenvalue weighted by atomic mass is 9.97. The number of fused-ring (bicyclic) bond motifs is 1. The van der Waals surface area contributed by atoms with Crippen molar-refractivity contribution in [3.63, 3.8) is 0 Å². The molecule has 6 nitrogen and oxygen atoms in total. The van der Waals surface area contributed by atoms with Gasteiger partial charge in [-0.3, -0.25) is 14.4 Å². The van der Waals surface area contributed by atoms with E-state index in [1.807, 2.05) is 42.5 Å². The summed E-state index contributed by atoms with van der Waals surface area (Å²) >= 11 is 0. The maximum atomic E-state index is 12.6. The molecule has 1 N–H and O–H groups in total. The Bertz CT molecular complexity index is 851. The molecule has 1 aliphatic rings. The van der Waals surface area contributed by atoms with Crippen LogP contribution in [0.15, 0.2) is 42.5 Å². The molecule has 0 atom stereocenters. The Kier molecular flexibility index (Phi) is 5.74. The van der Waals surface area contributed by atoms with Crippen LogP contribution in [-0.2, 0) is 20.8 Å². The molecule has 142 valence electrons. The smallest absolute Gasteiger partial charge is 0.306 e. The van der Waals surface area contributed by atoms with E-state index in [2.05, 4.69) is 0 Å². The van der Waals surface area contributed by atoms with Gasteiger partial charge in [-0.1, -0.05) is 42.5 Å². The summed E-state index contributed by atoms with van der Waals surface area (Å²) in [6.07, 6.45) is 1.18. The number of carbonyl (C=O) groups excluding carboxylic acids is 2. The number of carbonyl (C=O) groups is 3. The van der Waals surface area contributed by atoms with Gasteiger partial charge in [0.05, 0.1) is 18.9 Å². The molecule has 0 radical (unpaired) electrons. The molecule has 0 bridgehead atoms. The topological polar surface area (TPSA) is 77.9 Å². The van der Waals surface area contributed by atoms with Gasteiger partial charge in [-0.15, -0.1) is 0 Å². The highest BCUT2D eigenvalue weighted by molar-refractivity contribution is 5.91. The number of benzene rings is 2. The fourth-order valence-electron chi connectivity index (χ4n) is 3.51. The van der Waals surface area contributed by atoms with E-state index >= 15 is 0 Å². The molecule has 2 amide bonds. The Morgan fingerprint density at radius 3 is 2.44 bits per heavy atom. The van der Waals surface area contributed by atoms with Crippen molar-refractivity contribution in [2.24, 2.45) is 5.92 Å². The summed E-state index contributed by atoms with van der Waals surface area (Å²) in [7, 11) is 1.63. The van der Waals surface area contributed by atoms with Crippen molar-refractivity contribution in [2.75, 3.05) is 26.7 Å². The van der Waals surface area contributed by atoms with Crippen LogP contribution < -0.4 is 0 Å².